The van der Waals surface area contributed by atoms with Gasteiger partial charge in [-0.05, 0) is 37.3 Å². The molecule has 2 fully saturated rings. The Balaban J connectivity index is 1.48. The number of anilines is 1. The minimum Gasteiger partial charge on any atom is -0.491 e. The summed E-state index contributed by atoms with van der Waals surface area (Å²) in [5, 5.41) is 12.3. The van der Waals surface area contributed by atoms with Crippen LogP contribution >= 0.6 is 0 Å². The highest BCUT2D eigenvalue weighted by Crippen LogP contribution is 2.30. The molecule has 2 aliphatic rings. The van der Waals surface area contributed by atoms with Crippen LogP contribution in [0.3, 0.4) is 0 Å². The maximum Gasteiger partial charge on any atom is 0.200 e. The third-order valence-corrected chi connectivity index (χ3v) is 5.93. The van der Waals surface area contributed by atoms with E-state index in [1.54, 1.807) is 37.3 Å². The number of hydrogen-bond acceptors (Lipinski definition) is 6. The van der Waals surface area contributed by atoms with Gasteiger partial charge in [0.2, 0.25) is 5.82 Å². The summed E-state index contributed by atoms with van der Waals surface area (Å²) in [5.41, 5.74) is 1.64. The van der Waals surface area contributed by atoms with Gasteiger partial charge in [-0.2, -0.15) is 9.65 Å². The first kappa shape index (κ1) is 22.5. The van der Waals surface area contributed by atoms with Gasteiger partial charge in [0.05, 0.1) is 31.5 Å². The molecule has 1 N–H and O–H groups in total. The maximum absolute atomic E-state index is 14.7. The van der Waals surface area contributed by atoms with Gasteiger partial charge in [0, 0.05) is 49.3 Å². The maximum atomic E-state index is 14.7. The van der Waals surface area contributed by atoms with Gasteiger partial charge in [-0.3, -0.25) is 0 Å². The van der Waals surface area contributed by atoms with Gasteiger partial charge < -0.3 is 24.4 Å². The van der Waals surface area contributed by atoms with Crippen LogP contribution in [0.2, 0.25) is 0 Å². The fraction of sp³-hybridized carbons (Fsp3) is 0.458. The Hall–Kier alpha value is -2.73. The summed E-state index contributed by atoms with van der Waals surface area (Å²) in [4.78, 5) is 1.93. The van der Waals surface area contributed by atoms with Crippen molar-refractivity contribution in [1.82, 2.24) is 5.32 Å². The number of nitriles is 1. The van der Waals surface area contributed by atoms with Crippen molar-refractivity contribution in [3.05, 3.63) is 59.2 Å². The zero-order chi connectivity index (χ0) is 22.6. The number of rotatable bonds is 8. The van der Waals surface area contributed by atoms with Crippen molar-refractivity contribution in [2.75, 3.05) is 44.4 Å². The topological polar surface area (TPSA) is 66.8 Å². The summed E-state index contributed by atoms with van der Waals surface area (Å²) >= 11 is 0. The van der Waals surface area contributed by atoms with E-state index in [-0.39, 0.29) is 36.2 Å². The Morgan fingerprint density at radius 2 is 1.84 bits per heavy atom. The van der Waals surface area contributed by atoms with Gasteiger partial charge in [-0.1, -0.05) is 6.07 Å². The number of halogens is 2. The second-order valence-electron chi connectivity index (χ2n) is 8.31. The van der Waals surface area contributed by atoms with Crippen molar-refractivity contribution in [1.29, 1.82) is 5.26 Å². The first-order valence-corrected chi connectivity index (χ1v) is 10.8. The zero-order valence-corrected chi connectivity index (χ0v) is 18.1. The monoisotopic (exact) mass is 443 g/mol. The average molecular weight is 443 g/mol. The minimum absolute atomic E-state index is 0.0896. The molecular formula is C24H27F2N3O3. The van der Waals surface area contributed by atoms with Crippen LogP contribution < -0.4 is 15.0 Å². The van der Waals surface area contributed by atoms with Gasteiger partial charge in [-0.15, -0.1) is 0 Å². The van der Waals surface area contributed by atoms with Gasteiger partial charge in [-0.25, -0.2) is 4.39 Å². The standard InChI is InChI=1S/C24H27F2N3O3/c1-2-30-20-8-5-18(22(25)23(20)26)12-29(19-6-3-17(11-27)4-7-19)10-9-21-31-15-24(16-32-21)13-28-14-24/h3-8,21,28H,2,9-10,12-16H2,1H3. The van der Waals surface area contributed by atoms with Crippen molar-refractivity contribution in [2.45, 2.75) is 26.2 Å². The average Bonchev–Trinajstić information content (AvgIpc) is 2.80. The molecule has 1 spiro atoms. The first-order chi connectivity index (χ1) is 15.5. The number of nitrogens with zero attached hydrogens (tertiary/aromatic N) is 2. The Morgan fingerprint density at radius 3 is 2.44 bits per heavy atom. The van der Waals surface area contributed by atoms with Crippen LogP contribution in [0.15, 0.2) is 36.4 Å². The van der Waals surface area contributed by atoms with E-state index in [0.717, 1.165) is 18.8 Å². The van der Waals surface area contributed by atoms with E-state index in [4.69, 9.17) is 19.5 Å². The van der Waals surface area contributed by atoms with Crippen LogP contribution in [0.4, 0.5) is 14.5 Å². The number of nitrogens with one attached hydrogen (secondary N) is 1. The molecule has 0 unspecified atom stereocenters. The summed E-state index contributed by atoms with van der Waals surface area (Å²) in [6.45, 7) is 5.75. The lowest BCUT2D eigenvalue weighted by molar-refractivity contribution is -0.239. The predicted octanol–water partition coefficient (Wildman–Crippen LogP) is 3.59. The van der Waals surface area contributed by atoms with E-state index in [2.05, 4.69) is 11.4 Å². The summed E-state index contributed by atoms with van der Waals surface area (Å²) in [6, 6.07) is 12.1. The summed E-state index contributed by atoms with van der Waals surface area (Å²) in [6.07, 6.45) is 0.231. The SMILES string of the molecule is CCOc1ccc(CN(CCC2OCC3(CNC3)CO2)c2ccc(C#N)cc2)c(F)c1F. The Morgan fingerprint density at radius 1 is 1.12 bits per heavy atom. The summed E-state index contributed by atoms with van der Waals surface area (Å²) in [5.74, 6) is -2.00. The molecule has 2 aromatic carbocycles. The number of ether oxygens (including phenoxy) is 3. The molecule has 2 aliphatic heterocycles. The molecule has 0 amide bonds. The first-order valence-electron chi connectivity index (χ1n) is 10.8. The molecule has 170 valence electrons. The molecule has 8 heteroatoms. The third kappa shape index (κ3) is 4.85. The van der Waals surface area contributed by atoms with Gasteiger partial charge in [0.15, 0.2) is 17.9 Å². The van der Waals surface area contributed by atoms with E-state index in [0.29, 0.717) is 31.7 Å². The van der Waals surface area contributed by atoms with Crippen molar-refractivity contribution in [3.63, 3.8) is 0 Å². The molecule has 0 aromatic heterocycles. The van der Waals surface area contributed by atoms with Crippen LogP contribution in [-0.4, -0.2) is 45.7 Å². The smallest absolute Gasteiger partial charge is 0.200 e. The van der Waals surface area contributed by atoms with Crippen molar-refractivity contribution >= 4 is 5.69 Å². The van der Waals surface area contributed by atoms with Crippen molar-refractivity contribution < 1.29 is 23.0 Å². The molecule has 2 heterocycles. The van der Waals surface area contributed by atoms with Crippen LogP contribution in [0.5, 0.6) is 5.75 Å². The molecule has 0 bridgehead atoms. The quantitative estimate of drug-likeness (QED) is 0.673. The lowest BCUT2D eigenvalue weighted by Gasteiger charge is -2.46. The fourth-order valence-electron chi connectivity index (χ4n) is 3.95. The van der Waals surface area contributed by atoms with E-state index in [1.165, 1.54) is 6.07 Å². The molecular weight excluding hydrogens is 416 g/mol. The Kier molecular flexibility index (Phi) is 6.89. The van der Waals surface area contributed by atoms with Crippen LogP contribution in [-0.2, 0) is 16.0 Å². The van der Waals surface area contributed by atoms with E-state index < -0.39 is 11.6 Å². The van der Waals surface area contributed by atoms with Gasteiger partial charge in [0.1, 0.15) is 0 Å². The number of hydrogen-bond donors (Lipinski definition) is 1. The van der Waals surface area contributed by atoms with Crippen LogP contribution in [0.25, 0.3) is 0 Å². The molecule has 0 aliphatic carbocycles. The molecule has 6 nitrogen and oxygen atoms in total. The molecule has 4 rings (SSSR count). The lowest BCUT2D eigenvalue weighted by Crippen LogP contribution is -2.61. The van der Waals surface area contributed by atoms with Crippen LogP contribution in [0, 0.1) is 28.4 Å². The van der Waals surface area contributed by atoms with E-state index in [9.17, 15) is 8.78 Å². The van der Waals surface area contributed by atoms with E-state index in [1.807, 2.05) is 4.90 Å². The predicted molar refractivity (Wildman–Crippen MR) is 115 cm³/mol. The van der Waals surface area contributed by atoms with Crippen molar-refractivity contribution in [3.8, 4) is 11.8 Å². The van der Waals surface area contributed by atoms with Gasteiger partial charge >= 0.3 is 0 Å². The molecule has 0 atom stereocenters. The summed E-state index contributed by atoms with van der Waals surface area (Å²) < 4.78 is 46.1. The fourth-order valence-corrected chi connectivity index (χ4v) is 3.95. The molecule has 0 saturated carbocycles. The van der Waals surface area contributed by atoms with Gasteiger partial charge in [0.25, 0.3) is 0 Å². The zero-order valence-electron chi connectivity index (χ0n) is 18.1. The molecule has 2 aromatic rings. The lowest BCUT2D eigenvalue weighted by atomic mass is 9.83. The molecule has 2 saturated heterocycles. The minimum atomic E-state index is -0.984. The largest absolute Gasteiger partial charge is 0.491 e. The normalized spacial score (nSPS) is 17.6. The molecule has 0 radical (unpaired) electrons. The highest BCUT2D eigenvalue weighted by Gasteiger charge is 2.42. The number of benzene rings is 2. The second-order valence-corrected chi connectivity index (χ2v) is 8.31. The third-order valence-electron chi connectivity index (χ3n) is 5.93. The Bertz CT molecular complexity index is 964. The molecule has 32 heavy (non-hydrogen) atoms. The highest BCUT2D eigenvalue weighted by molar-refractivity contribution is 5.50. The van der Waals surface area contributed by atoms with Crippen LogP contribution in [0.1, 0.15) is 24.5 Å². The second kappa shape index (κ2) is 9.82. The van der Waals surface area contributed by atoms with E-state index >= 15 is 0 Å². The Labute approximate surface area is 186 Å². The highest BCUT2D eigenvalue weighted by atomic mass is 19.2. The summed E-state index contributed by atoms with van der Waals surface area (Å²) in [7, 11) is 0. The van der Waals surface area contributed by atoms with Crippen molar-refractivity contribution in [2.24, 2.45) is 5.41 Å².